The lowest BCUT2D eigenvalue weighted by Gasteiger charge is -2.10. The van der Waals surface area contributed by atoms with Crippen molar-refractivity contribution in [2.24, 2.45) is 0 Å². The minimum atomic E-state index is -3.77. The van der Waals surface area contributed by atoms with Crippen LogP contribution >= 0.6 is 0 Å². The number of aromatic amines is 1. The smallest absolute Gasteiger partial charge is 0.261 e. The predicted octanol–water partition coefficient (Wildman–Crippen LogP) is 4.34. The monoisotopic (exact) mass is 463 g/mol. The molecule has 0 bridgehead atoms. The summed E-state index contributed by atoms with van der Waals surface area (Å²) in [6, 6.07) is 20.5. The van der Waals surface area contributed by atoms with E-state index >= 15 is 0 Å². The Balaban J connectivity index is 1.35. The van der Waals surface area contributed by atoms with Crippen molar-refractivity contribution >= 4 is 32.5 Å². The Morgan fingerprint density at radius 2 is 1.70 bits per heavy atom. The van der Waals surface area contributed by atoms with Crippen LogP contribution in [0.2, 0.25) is 0 Å². The van der Waals surface area contributed by atoms with Gasteiger partial charge in [0.25, 0.3) is 15.9 Å². The fraction of sp³-hybridized carbons (Fsp3) is 0.160. The normalized spacial score (nSPS) is 11.3. The zero-order valence-electron chi connectivity index (χ0n) is 18.2. The van der Waals surface area contributed by atoms with Crippen LogP contribution in [0.4, 0.5) is 5.69 Å². The Labute approximate surface area is 192 Å². The highest BCUT2D eigenvalue weighted by molar-refractivity contribution is 7.92. The standard InChI is InChI=1S/C25H25N3O4S/c1-2-32-21-11-9-20(10-12-21)28-33(30,31)22-13-7-18(8-14-22)25(29)26-16-15-19-17-27-24-6-4-3-5-23(19)24/h3-14,17,27-28H,2,15-16H2,1H3,(H,26,29). The largest absolute Gasteiger partial charge is 0.494 e. The van der Waals surface area contributed by atoms with E-state index in [1.807, 2.05) is 37.4 Å². The molecule has 170 valence electrons. The van der Waals surface area contributed by atoms with Crippen LogP contribution in [0.3, 0.4) is 0 Å². The van der Waals surface area contributed by atoms with Crippen molar-refractivity contribution in [2.75, 3.05) is 17.9 Å². The number of carbonyl (C=O) groups is 1. The number of H-pyrrole nitrogens is 1. The summed E-state index contributed by atoms with van der Waals surface area (Å²) >= 11 is 0. The van der Waals surface area contributed by atoms with E-state index in [2.05, 4.69) is 15.0 Å². The number of para-hydroxylation sites is 1. The van der Waals surface area contributed by atoms with Crippen LogP contribution in [0.15, 0.2) is 83.9 Å². The molecular formula is C25H25N3O4S. The first-order valence-electron chi connectivity index (χ1n) is 10.7. The maximum Gasteiger partial charge on any atom is 0.261 e. The first-order chi connectivity index (χ1) is 16.0. The Hall–Kier alpha value is -3.78. The molecule has 1 amide bonds. The van der Waals surface area contributed by atoms with Gasteiger partial charge in [-0.3, -0.25) is 9.52 Å². The van der Waals surface area contributed by atoms with E-state index in [1.165, 1.54) is 24.3 Å². The quantitative estimate of drug-likeness (QED) is 0.344. The minimum absolute atomic E-state index is 0.0757. The van der Waals surface area contributed by atoms with Crippen molar-refractivity contribution in [3.63, 3.8) is 0 Å². The van der Waals surface area contributed by atoms with Crippen LogP contribution in [0.5, 0.6) is 5.75 Å². The highest BCUT2D eigenvalue weighted by Crippen LogP contribution is 2.20. The molecule has 0 radical (unpaired) electrons. The van der Waals surface area contributed by atoms with Gasteiger partial charge in [0.05, 0.1) is 11.5 Å². The van der Waals surface area contributed by atoms with Gasteiger partial charge in [-0.1, -0.05) is 18.2 Å². The number of fused-ring (bicyclic) bond motifs is 1. The third-order valence-electron chi connectivity index (χ3n) is 5.20. The third-order valence-corrected chi connectivity index (χ3v) is 6.60. The summed E-state index contributed by atoms with van der Waals surface area (Å²) in [5, 5.41) is 4.03. The van der Waals surface area contributed by atoms with E-state index in [0.29, 0.717) is 36.6 Å². The van der Waals surface area contributed by atoms with Crippen molar-refractivity contribution in [3.05, 3.63) is 90.1 Å². The molecular weight excluding hydrogens is 438 g/mol. The average Bonchev–Trinajstić information content (AvgIpc) is 3.23. The van der Waals surface area contributed by atoms with E-state index < -0.39 is 10.0 Å². The van der Waals surface area contributed by atoms with Gasteiger partial charge >= 0.3 is 0 Å². The molecule has 0 unspecified atom stereocenters. The van der Waals surface area contributed by atoms with E-state index in [0.717, 1.165) is 16.5 Å². The molecule has 1 aromatic heterocycles. The number of nitrogens with one attached hydrogen (secondary N) is 3. The van der Waals surface area contributed by atoms with Gasteiger partial charge in [0.1, 0.15) is 5.75 Å². The minimum Gasteiger partial charge on any atom is -0.494 e. The molecule has 0 aliphatic rings. The van der Waals surface area contributed by atoms with Gasteiger partial charge in [0, 0.05) is 34.9 Å². The Kier molecular flexibility index (Phi) is 6.65. The van der Waals surface area contributed by atoms with Gasteiger partial charge in [-0.25, -0.2) is 8.42 Å². The highest BCUT2D eigenvalue weighted by Gasteiger charge is 2.15. The van der Waals surface area contributed by atoms with E-state index in [1.54, 1.807) is 24.3 Å². The first kappa shape index (κ1) is 22.4. The zero-order valence-corrected chi connectivity index (χ0v) is 19.0. The molecule has 0 aliphatic carbocycles. The number of benzene rings is 3. The lowest BCUT2D eigenvalue weighted by Crippen LogP contribution is -2.25. The number of carbonyl (C=O) groups excluding carboxylic acids is 1. The molecule has 7 nitrogen and oxygen atoms in total. The molecule has 3 aromatic carbocycles. The SMILES string of the molecule is CCOc1ccc(NS(=O)(=O)c2ccc(C(=O)NCCc3c[nH]c4ccccc34)cc2)cc1. The fourth-order valence-corrected chi connectivity index (χ4v) is 4.60. The topological polar surface area (TPSA) is 100 Å². The van der Waals surface area contributed by atoms with Crippen LogP contribution in [-0.4, -0.2) is 32.5 Å². The number of ether oxygens (including phenoxy) is 1. The number of aromatic nitrogens is 1. The van der Waals surface area contributed by atoms with Crippen molar-refractivity contribution in [1.29, 1.82) is 0 Å². The highest BCUT2D eigenvalue weighted by atomic mass is 32.2. The molecule has 4 rings (SSSR count). The Morgan fingerprint density at radius 3 is 2.42 bits per heavy atom. The maximum atomic E-state index is 12.7. The average molecular weight is 464 g/mol. The molecule has 0 saturated heterocycles. The van der Waals surface area contributed by atoms with Gasteiger partial charge in [-0.05, 0) is 73.5 Å². The maximum absolute atomic E-state index is 12.7. The summed E-state index contributed by atoms with van der Waals surface area (Å²) in [6.45, 7) is 2.89. The molecule has 0 fully saturated rings. The van der Waals surface area contributed by atoms with Gasteiger partial charge in [0.2, 0.25) is 0 Å². The molecule has 3 N–H and O–H groups in total. The molecule has 0 aliphatic heterocycles. The van der Waals surface area contributed by atoms with E-state index in [-0.39, 0.29) is 10.8 Å². The van der Waals surface area contributed by atoms with Gasteiger partial charge in [-0.15, -0.1) is 0 Å². The molecule has 0 spiro atoms. The lowest BCUT2D eigenvalue weighted by molar-refractivity contribution is 0.0954. The molecule has 0 saturated carbocycles. The lowest BCUT2D eigenvalue weighted by atomic mass is 10.1. The summed E-state index contributed by atoms with van der Waals surface area (Å²) in [5.41, 5.74) is 3.02. The van der Waals surface area contributed by atoms with Crippen LogP contribution in [-0.2, 0) is 16.4 Å². The van der Waals surface area contributed by atoms with Crippen LogP contribution < -0.4 is 14.8 Å². The van der Waals surface area contributed by atoms with Crippen molar-refractivity contribution < 1.29 is 17.9 Å². The van der Waals surface area contributed by atoms with Gasteiger partial charge in [-0.2, -0.15) is 0 Å². The van der Waals surface area contributed by atoms with Crippen molar-refractivity contribution in [2.45, 2.75) is 18.2 Å². The van der Waals surface area contributed by atoms with Crippen LogP contribution in [0.1, 0.15) is 22.8 Å². The summed E-state index contributed by atoms with van der Waals surface area (Å²) in [7, 11) is -3.77. The molecule has 33 heavy (non-hydrogen) atoms. The Morgan fingerprint density at radius 1 is 0.970 bits per heavy atom. The summed E-state index contributed by atoms with van der Waals surface area (Å²) in [6.07, 6.45) is 2.64. The van der Waals surface area contributed by atoms with Gasteiger partial charge < -0.3 is 15.0 Å². The van der Waals surface area contributed by atoms with E-state index in [9.17, 15) is 13.2 Å². The number of sulfonamides is 1. The first-order valence-corrected chi connectivity index (χ1v) is 12.1. The van der Waals surface area contributed by atoms with E-state index in [4.69, 9.17) is 4.74 Å². The Bertz CT molecular complexity index is 1340. The molecule has 0 atom stereocenters. The zero-order chi connectivity index (χ0) is 23.3. The number of amides is 1. The van der Waals surface area contributed by atoms with Crippen molar-refractivity contribution in [1.82, 2.24) is 10.3 Å². The molecule has 1 heterocycles. The summed E-state index contributed by atoms with van der Waals surface area (Å²) in [4.78, 5) is 15.8. The second-order valence-corrected chi connectivity index (χ2v) is 9.14. The third kappa shape index (κ3) is 5.35. The number of rotatable bonds is 9. The van der Waals surface area contributed by atoms with Crippen LogP contribution in [0.25, 0.3) is 10.9 Å². The van der Waals surface area contributed by atoms with Gasteiger partial charge in [0.15, 0.2) is 0 Å². The van der Waals surface area contributed by atoms with Crippen molar-refractivity contribution in [3.8, 4) is 5.75 Å². The number of anilines is 1. The molecule has 8 heteroatoms. The second kappa shape index (κ2) is 9.79. The summed E-state index contributed by atoms with van der Waals surface area (Å²) < 4.78 is 33.2. The van der Waals surface area contributed by atoms with Crippen LogP contribution in [0, 0.1) is 0 Å². The fourth-order valence-electron chi connectivity index (χ4n) is 3.54. The number of hydrogen-bond acceptors (Lipinski definition) is 4. The predicted molar refractivity (Wildman–Crippen MR) is 129 cm³/mol. The second-order valence-electron chi connectivity index (χ2n) is 7.45. The summed E-state index contributed by atoms with van der Waals surface area (Å²) in [5.74, 6) is 0.416. The number of hydrogen-bond donors (Lipinski definition) is 3. The molecule has 4 aromatic rings.